The molecule has 3 atom stereocenters. The van der Waals surface area contributed by atoms with Gasteiger partial charge in [0.05, 0.1) is 25.2 Å². The number of amides is 2. The molecule has 1 aromatic heterocycles. The second-order valence-electron chi connectivity index (χ2n) is 9.86. The molecule has 2 amide bonds. The molecule has 35 heavy (non-hydrogen) atoms. The average molecular weight is 505 g/mol. The van der Waals surface area contributed by atoms with Crippen LogP contribution in [-0.4, -0.2) is 64.4 Å². The number of halogens is 1. The van der Waals surface area contributed by atoms with Gasteiger partial charge in [0, 0.05) is 44.0 Å². The lowest BCUT2D eigenvalue weighted by Gasteiger charge is -2.45. The van der Waals surface area contributed by atoms with E-state index in [9.17, 15) is 18.2 Å². The van der Waals surface area contributed by atoms with E-state index >= 15 is 0 Å². The minimum absolute atomic E-state index is 0.0254. The van der Waals surface area contributed by atoms with E-state index in [4.69, 9.17) is 9.47 Å². The summed E-state index contributed by atoms with van der Waals surface area (Å²) in [6.45, 7) is 5.73. The van der Waals surface area contributed by atoms with Gasteiger partial charge in [0.1, 0.15) is 21.7 Å². The van der Waals surface area contributed by atoms with Gasteiger partial charge in [-0.25, -0.2) is 13.3 Å². The van der Waals surface area contributed by atoms with Crippen LogP contribution in [0.4, 0.5) is 10.1 Å². The molecule has 0 radical (unpaired) electrons. The molecule has 11 heteroatoms. The van der Waals surface area contributed by atoms with Crippen LogP contribution in [0.15, 0.2) is 29.3 Å². The van der Waals surface area contributed by atoms with Crippen molar-refractivity contribution in [2.24, 2.45) is 18.4 Å². The fourth-order valence-corrected chi connectivity index (χ4v) is 6.09. The average Bonchev–Trinajstić information content (AvgIpc) is 3.13. The largest absolute Gasteiger partial charge is 0.489 e. The molecule has 188 valence electrons. The minimum atomic E-state index is -1.65. The Morgan fingerprint density at radius 2 is 2.09 bits per heavy atom. The Morgan fingerprint density at radius 1 is 1.31 bits per heavy atom. The number of carbonyl (C=O) groups is 2. The molecule has 2 N–H and O–H groups in total. The number of ether oxygens (including phenoxy) is 2. The van der Waals surface area contributed by atoms with Crippen LogP contribution >= 0.6 is 0 Å². The number of carbonyl (C=O) groups excluding carboxylic acids is 2. The molecule has 1 aromatic carbocycles. The number of aromatic nitrogens is 1. The fourth-order valence-electron chi connectivity index (χ4n) is 4.85. The number of nitrogens with zero attached hydrogens (tertiary/aromatic N) is 2. The Labute approximate surface area is 205 Å². The second kappa shape index (κ2) is 9.03. The number of nitrogens with one attached hydrogen (secondary N) is 2. The van der Waals surface area contributed by atoms with Crippen LogP contribution in [0.25, 0.3) is 0 Å². The van der Waals surface area contributed by atoms with Gasteiger partial charge in [-0.2, -0.15) is 0 Å². The number of piperidine rings is 1. The molecule has 3 aliphatic rings. The summed E-state index contributed by atoms with van der Waals surface area (Å²) in [4.78, 5) is 28.3. The first-order valence-electron chi connectivity index (χ1n) is 11.6. The van der Waals surface area contributed by atoms with Gasteiger partial charge in [-0.05, 0) is 44.0 Å². The van der Waals surface area contributed by atoms with Crippen LogP contribution < -0.4 is 14.8 Å². The summed E-state index contributed by atoms with van der Waals surface area (Å²) in [5.74, 6) is -0.434. The topological polar surface area (TPSA) is 102 Å². The predicted octanol–water partition coefficient (Wildman–Crippen LogP) is 1.98. The van der Waals surface area contributed by atoms with Crippen LogP contribution in [0.3, 0.4) is 0 Å². The molecule has 0 spiro atoms. The predicted molar refractivity (Wildman–Crippen MR) is 127 cm³/mol. The maximum Gasteiger partial charge on any atom is 0.276 e. The third-order valence-corrected chi connectivity index (χ3v) is 8.24. The van der Waals surface area contributed by atoms with Crippen molar-refractivity contribution < 1.29 is 27.7 Å². The number of likely N-dealkylation sites (tertiary alicyclic amines) is 1. The molecule has 0 bridgehead atoms. The van der Waals surface area contributed by atoms with Crippen molar-refractivity contribution in [3.05, 3.63) is 41.5 Å². The molecule has 4 heterocycles. The third-order valence-electron chi connectivity index (χ3n) is 7.03. The fraction of sp³-hybridized carbons (Fsp3) is 0.500. The molecule has 0 aliphatic carbocycles. The number of anilines is 1. The number of aryl methyl sites for hydroxylation is 2. The smallest absolute Gasteiger partial charge is 0.276 e. The Kier molecular flexibility index (Phi) is 6.18. The summed E-state index contributed by atoms with van der Waals surface area (Å²) in [6, 6.07) is 4.14. The van der Waals surface area contributed by atoms with Crippen molar-refractivity contribution in [3.63, 3.8) is 0 Å². The molecule has 9 nitrogen and oxygen atoms in total. The maximum atomic E-state index is 13.6. The maximum absolute atomic E-state index is 13.6. The molecule has 5 rings (SSSR count). The van der Waals surface area contributed by atoms with Gasteiger partial charge >= 0.3 is 0 Å². The minimum Gasteiger partial charge on any atom is -0.489 e. The first-order valence-corrected chi connectivity index (χ1v) is 12.8. The first kappa shape index (κ1) is 24.0. The first-order chi connectivity index (χ1) is 16.7. The third kappa shape index (κ3) is 4.36. The number of benzene rings is 1. The van der Waals surface area contributed by atoms with Gasteiger partial charge < -0.3 is 24.3 Å². The summed E-state index contributed by atoms with van der Waals surface area (Å²) in [7, 11) is 0.0392. The number of rotatable bonds is 3. The van der Waals surface area contributed by atoms with Gasteiger partial charge in [0.25, 0.3) is 5.91 Å². The number of fused-ring (bicyclic) bond motifs is 2. The zero-order chi connectivity index (χ0) is 24.9. The van der Waals surface area contributed by atoms with Gasteiger partial charge in [0.15, 0.2) is 11.4 Å². The van der Waals surface area contributed by atoms with Gasteiger partial charge in [-0.3, -0.25) is 9.59 Å². The number of hydrogen-bond acceptors (Lipinski definition) is 5. The zero-order valence-corrected chi connectivity index (χ0v) is 20.7. The van der Waals surface area contributed by atoms with Crippen LogP contribution in [0, 0.1) is 24.1 Å². The van der Waals surface area contributed by atoms with E-state index in [1.165, 1.54) is 12.1 Å². The van der Waals surface area contributed by atoms with Crippen LogP contribution in [0.1, 0.15) is 29.4 Å². The molecular weight excluding hydrogens is 475 g/mol. The SMILES string of the molecule is Cc1cc(NC(=O)c2c3c(cn2C)S(=O)NC2CN(C(=O)C4(C)COC4)CCC2CO3)ccc1F. The van der Waals surface area contributed by atoms with E-state index in [1.54, 1.807) is 30.8 Å². The van der Waals surface area contributed by atoms with Gasteiger partial charge in [-0.1, -0.05) is 0 Å². The highest BCUT2D eigenvalue weighted by Gasteiger charge is 2.46. The van der Waals surface area contributed by atoms with E-state index < -0.39 is 22.3 Å². The van der Waals surface area contributed by atoms with E-state index in [2.05, 4.69) is 10.0 Å². The van der Waals surface area contributed by atoms with Crippen LogP contribution in [-0.2, 0) is 27.6 Å². The quantitative estimate of drug-likeness (QED) is 0.666. The van der Waals surface area contributed by atoms with Crippen molar-refractivity contribution in [2.75, 3.05) is 38.2 Å². The van der Waals surface area contributed by atoms with Gasteiger partial charge in [0.2, 0.25) is 5.91 Å². The number of hydrogen-bond donors (Lipinski definition) is 2. The Morgan fingerprint density at radius 3 is 2.77 bits per heavy atom. The lowest BCUT2D eigenvalue weighted by molar-refractivity contribution is -0.170. The second-order valence-corrected chi connectivity index (χ2v) is 11.1. The molecular formula is C24H29FN4O5S. The summed E-state index contributed by atoms with van der Waals surface area (Å²) in [5, 5.41) is 2.77. The molecule has 2 aromatic rings. The van der Waals surface area contributed by atoms with Crippen molar-refractivity contribution in [1.82, 2.24) is 14.2 Å². The normalized spacial score (nSPS) is 25.3. The lowest BCUT2D eigenvalue weighted by Crippen LogP contribution is -2.60. The molecule has 2 fully saturated rings. The highest BCUT2D eigenvalue weighted by atomic mass is 32.2. The standard InChI is InChI=1S/C24H29FN4O5S/c1-14-8-16(4-5-17(14)25)26-22(30)20-21-19(10-28(20)3)35(32)27-18-9-29(7-6-15(18)11-34-21)23(31)24(2)12-33-13-24/h4-5,8,10,15,18,27H,6-7,9,11-13H2,1-3H3,(H,26,30). The monoisotopic (exact) mass is 504 g/mol. The van der Waals surface area contributed by atoms with Gasteiger partial charge in [-0.15, -0.1) is 0 Å². The van der Waals surface area contributed by atoms with Crippen LogP contribution in [0.5, 0.6) is 5.75 Å². The highest BCUT2D eigenvalue weighted by Crippen LogP contribution is 2.35. The zero-order valence-electron chi connectivity index (χ0n) is 19.9. The van der Waals surface area contributed by atoms with E-state index in [0.29, 0.717) is 55.5 Å². The van der Waals surface area contributed by atoms with Crippen molar-refractivity contribution in [3.8, 4) is 5.75 Å². The summed E-state index contributed by atoms with van der Waals surface area (Å²) in [6.07, 6.45) is 2.30. The lowest BCUT2D eigenvalue weighted by atomic mass is 9.84. The Balaban J connectivity index is 1.35. The Hall–Kier alpha value is -2.76. The highest BCUT2D eigenvalue weighted by molar-refractivity contribution is 7.83. The molecule has 3 aliphatic heterocycles. The van der Waals surface area contributed by atoms with E-state index in [1.807, 2.05) is 11.8 Å². The molecule has 0 saturated carbocycles. The Bertz CT molecular complexity index is 1210. The summed E-state index contributed by atoms with van der Waals surface area (Å²) < 4.78 is 43.0. The van der Waals surface area contributed by atoms with Crippen LogP contribution in [0.2, 0.25) is 0 Å². The van der Waals surface area contributed by atoms with Crippen molar-refractivity contribution in [1.29, 1.82) is 0 Å². The molecule has 3 unspecified atom stereocenters. The summed E-state index contributed by atoms with van der Waals surface area (Å²) >= 11 is 0. The van der Waals surface area contributed by atoms with E-state index in [-0.39, 0.29) is 35.1 Å². The van der Waals surface area contributed by atoms with E-state index in [0.717, 1.165) is 0 Å². The molecule has 2 saturated heterocycles. The van der Waals surface area contributed by atoms with Crippen molar-refractivity contribution >= 4 is 28.5 Å². The van der Waals surface area contributed by atoms with Crippen molar-refractivity contribution in [2.45, 2.75) is 31.2 Å². The summed E-state index contributed by atoms with van der Waals surface area (Å²) in [5.41, 5.74) is 0.626.